The van der Waals surface area contributed by atoms with Crippen molar-refractivity contribution in [3.63, 3.8) is 0 Å². The minimum absolute atomic E-state index is 0.0181. The summed E-state index contributed by atoms with van der Waals surface area (Å²) in [4.78, 5) is 11.2. The SMILES string of the molecule is COC(=O)[C@@H]1C[C@H]1c1ccc(O)cc1. The Balaban J connectivity index is 2.06. The van der Waals surface area contributed by atoms with Gasteiger partial charge in [-0.25, -0.2) is 0 Å². The molecule has 3 nitrogen and oxygen atoms in total. The number of methoxy groups -OCH3 is 1. The van der Waals surface area contributed by atoms with E-state index in [1.165, 1.54) is 7.11 Å². The number of hydrogen-bond acceptors (Lipinski definition) is 3. The smallest absolute Gasteiger partial charge is 0.309 e. The summed E-state index contributed by atoms with van der Waals surface area (Å²) in [7, 11) is 1.41. The summed E-state index contributed by atoms with van der Waals surface area (Å²) in [6, 6.07) is 6.98. The van der Waals surface area contributed by atoms with Crippen molar-refractivity contribution >= 4 is 5.97 Å². The van der Waals surface area contributed by atoms with E-state index in [9.17, 15) is 4.79 Å². The van der Waals surface area contributed by atoms with Crippen molar-refractivity contribution in [1.29, 1.82) is 0 Å². The molecule has 1 N–H and O–H groups in total. The lowest BCUT2D eigenvalue weighted by Gasteiger charge is -1.99. The van der Waals surface area contributed by atoms with E-state index in [0.717, 1.165) is 12.0 Å². The number of esters is 1. The second-order valence-corrected chi connectivity index (χ2v) is 3.56. The van der Waals surface area contributed by atoms with Crippen molar-refractivity contribution in [2.75, 3.05) is 7.11 Å². The van der Waals surface area contributed by atoms with Crippen molar-refractivity contribution in [1.82, 2.24) is 0 Å². The molecular weight excluding hydrogens is 180 g/mol. The fraction of sp³-hybridized carbons (Fsp3) is 0.364. The third-order valence-electron chi connectivity index (χ3n) is 2.62. The highest BCUT2D eigenvalue weighted by Crippen LogP contribution is 2.48. The second-order valence-electron chi connectivity index (χ2n) is 3.56. The van der Waals surface area contributed by atoms with Crippen LogP contribution in [-0.4, -0.2) is 18.2 Å². The minimum atomic E-state index is -0.136. The minimum Gasteiger partial charge on any atom is -0.508 e. The molecule has 0 saturated heterocycles. The topological polar surface area (TPSA) is 46.5 Å². The quantitative estimate of drug-likeness (QED) is 0.725. The van der Waals surface area contributed by atoms with Crippen LogP contribution in [0.4, 0.5) is 0 Å². The number of carbonyl (C=O) groups is 1. The van der Waals surface area contributed by atoms with Crippen molar-refractivity contribution in [3.8, 4) is 5.75 Å². The number of rotatable bonds is 2. The van der Waals surface area contributed by atoms with Crippen molar-refractivity contribution in [2.45, 2.75) is 12.3 Å². The van der Waals surface area contributed by atoms with E-state index in [4.69, 9.17) is 5.11 Å². The van der Waals surface area contributed by atoms with Gasteiger partial charge in [0.1, 0.15) is 5.75 Å². The van der Waals surface area contributed by atoms with Gasteiger partial charge in [-0.05, 0) is 30.0 Å². The molecule has 0 heterocycles. The Hall–Kier alpha value is -1.51. The third-order valence-corrected chi connectivity index (χ3v) is 2.62. The van der Waals surface area contributed by atoms with Crippen LogP contribution in [0, 0.1) is 5.92 Å². The first-order valence-electron chi connectivity index (χ1n) is 4.59. The van der Waals surface area contributed by atoms with Gasteiger partial charge < -0.3 is 9.84 Å². The zero-order valence-electron chi connectivity index (χ0n) is 7.93. The van der Waals surface area contributed by atoms with Crippen LogP contribution in [0.25, 0.3) is 0 Å². The molecule has 2 rings (SSSR count). The van der Waals surface area contributed by atoms with Crippen LogP contribution >= 0.6 is 0 Å². The van der Waals surface area contributed by atoms with Crippen molar-refractivity contribution in [3.05, 3.63) is 29.8 Å². The van der Waals surface area contributed by atoms with Gasteiger partial charge in [0.2, 0.25) is 0 Å². The van der Waals surface area contributed by atoms with Gasteiger partial charge in [0, 0.05) is 0 Å². The summed E-state index contributed by atoms with van der Waals surface area (Å²) in [5.74, 6) is 0.416. The summed E-state index contributed by atoms with van der Waals surface area (Å²) in [6.45, 7) is 0. The molecule has 1 aliphatic carbocycles. The molecule has 1 aromatic carbocycles. The maximum Gasteiger partial charge on any atom is 0.309 e. The van der Waals surface area contributed by atoms with Crippen LogP contribution < -0.4 is 0 Å². The largest absolute Gasteiger partial charge is 0.508 e. The van der Waals surface area contributed by atoms with E-state index in [2.05, 4.69) is 4.74 Å². The lowest BCUT2D eigenvalue weighted by Crippen LogP contribution is -2.03. The van der Waals surface area contributed by atoms with Gasteiger partial charge in [0.05, 0.1) is 13.0 Å². The molecule has 3 heteroatoms. The normalized spacial score (nSPS) is 24.4. The number of phenols is 1. The number of ether oxygens (including phenoxy) is 1. The van der Waals surface area contributed by atoms with Crippen LogP contribution in [0.3, 0.4) is 0 Å². The molecule has 0 radical (unpaired) electrons. The van der Waals surface area contributed by atoms with Crippen molar-refractivity contribution < 1.29 is 14.6 Å². The second kappa shape index (κ2) is 3.33. The van der Waals surface area contributed by atoms with E-state index < -0.39 is 0 Å². The van der Waals surface area contributed by atoms with Crippen LogP contribution in [-0.2, 0) is 9.53 Å². The Morgan fingerprint density at radius 3 is 2.64 bits per heavy atom. The lowest BCUT2D eigenvalue weighted by atomic mass is 10.1. The maximum atomic E-state index is 11.2. The van der Waals surface area contributed by atoms with Crippen molar-refractivity contribution in [2.24, 2.45) is 5.92 Å². The molecule has 0 amide bonds. The molecule has 0 unspecified atom stereocenters. The van der Waals surface area contributed by atoms with Gasteiger partial charge in [0.15, 0.2) is 0 Å². The molecule has 0 aliphatic heterocycles. The van der Waals surface area contributed by atoms with E-state index >= 15 is 0 Å². The molecule has 74 valence electrons. The summed E-state index contributed by atoms with van der Waals surface area (Å²) < 4.78 is 4.66. The number of hydrogen-bond donors (Lipinski definition) is 1. The van der Waals surface area contributed by atoms with Gasteiger partial charge in [-0.2, -0.15) is 0 Å². The molecule has 2 atom stereocenters. The number of benzene rings is 1. The lowest BCUT2D eigenvalue weighted by molar-refractivity contribution is -0.142. The van der Waals surface area contributed by atoms with Crippen LogP contribution in [0.5, 0.6) is 5.75 Å². The highest BCUT2D eigenvalue weighted by molar-refractivity contribution is 5.77. The monoisotopic (exact) mass is 192 g/mol. The predicted octanol–water partition coefficient (Wildman–Crippen LogP) is 1.67. The molecule has 0 spiro atoms. The van der Waals surface area contributed by atoms with Gasteiger partial charge in [-0.15, -0.1) is 0 Å². The van der Waals surface area contributed by atoms with E-state index in [1.54, 1.807) is 12.1 Å². The maximum absolute atomic E-state index is 11.2. The zero-order chi connectivity index (χ0) is 10.1. The van der Waals surface area contributed by atoms with E-state index in [1.807, 2.05) is 12.1 Å². The predicted molar refractivity (Wildman–Crippen MR) is 51.0 cm³/mol. The zero-order valence-corrected chi connectivity index (χ0v) is 7.93. The first-order chi connectivity index (χ1) is 6.72. The standard InChI is InChI=1S/C11H12O3/c1-14-11(13)10-6-9(10)7-2-4-8(12)5-3-7/h2-5,9-10,12H,6H2,1H3/t9-,10+/m0/s1. The Labute approximate surface area is 82.3 Å². The fourth-order valence-corrected chi connectivity index (χ4v) is 1.70. The molecular formula is C11H12O3. The average Bonchev–Trinajstić information content (AvgIpc) is 2.98. The van der Waals surface area contributed by atoms with E-state index in [0.29, 0.717) is 0 Å². The highest BCUT2D eigenvalue weighted by atomic mass is 16.5. The van der Waals surface area contributed by atoms with Gasteiger partial charge in [-0.3, -0.25) is 4.79 Å². The van der Waals surface area contributed by atoms with Crippen LogP contribution in [0.15, 0.2) is 24.3 Å². The molecule has 1 aromatic rings. The first-order valence-corrected chi connectivity index (χ1v) is 4.59. The van der Waals surface area contributed by atoms with Crippen LogP contribution in [0.2, 0.25) is 0 Å². The number of carbonyl (C=O) groups excluding carboxylic acids is 1. The summed E-state index contributed by atoms with van der Waals surface area (Å²) in [5.41, 5.74) is 1.10. The summed E-state index contributed by atoms with van der Waals surface area (Å²) >= 11 is 0. The molecule has 0 aromatic heterocycles. The third kappa shape index (κ3) is 1.58. The van der Waals surface area contributed by atoms with E-state index in [-0.39, 0.29) is 23.6 Å². The molecule has 1 saturated carbocycles. The Bertz CT molecular complexity index is 342. The highest BCUT2D eigenvalue weighted by Gasteiger charge is 2.44. The average molecular weight is 192 g/mol. The van der Waals surface area contributed by atoms with Gasteiger partial charge >= 0.3 is 5.97 Å². The Morgan fingerprint density at radius 2 is 2.07 bits per heavy atom. The first kappa shape index (κ1) is 9.06. The Morgan fingerprint density at radius 1 is 1.43 bits per heavy atom. The molecule has 14 heavy (non-hydrogen) atoms. The molecule has 1 fully saturated rings. The Kier molecular flexibility index (Phi) is 2.15. The number of aromatic hydroxyl groups is 1. The van der Waals surface area contributed by atoms with Crippen LogP contribution in [0.1, 0.15) is 17.9 Å². The summed E-state index contributed by atoms with van der Waals surface area (Å²) in [5, 5.41) is 9.09. The summed E-state index contributed by atoms with van der Waals surface area (Å²) in [6.07, 6.45) is 0.859. The molecule has 1 aliphatic rings. The van der Waals surface area contributed by atoms with Gasteiger partial charge in [0.25, 0.3) is 0 Å². The number of phenolic OH excluding ortho intramolecular Hbond substituents is 1. The molecule has 0 bridgehead atoms. The van der Waals surface area contributed by atoms with Gasteiger partial charge in [-0.1, -0.05) is 12.1 Å². The fourth-order valence-electron chi connectivity index (χ4n) is 1.70.